The SMILES string of the molecule is C.C.C.C.C.C.C.C.C.C.C.C.C.C.C.C.C.C.C.C.C.C.C.C.C.C.C.C.C.C.C.C.C.C.COC(=O)C[C@@](O)(CCCC(C)(C)O)C(=O)O[C@@H]1C(OC)=C[C@]23CCCN2CCc2cc4c(cc2[C@H]13)OCO4.C[C@@](O)(CC(=O)O)C(=O)[O-]. The van der Waals surface area contributed by atoms with Gasteiger partial charge in [-0.05, 0) is 95.2 Å². The van der Waals surface area contributed by atoms with E-state index in [1.807, 2.05) is 12.1 Å². The van der Waals surface area contributed by atoms with Gasteiger partial charge in [0.2, 0.25) is 6.79 Å². The van der Waals surface area contributed by atoms with Crippen LogP contribution in [0, 0.1) is 0 Å². The highest BCUT2D eigenvalue weighted by atomic mass is 16.7. The van der Waals surface area contributed by atoms with Gasteiger partial charge in [0.1, 0.15) is 11.4 Å². The maximum absolute atomic E-state index is 13.8. The number of rotatable bonds is 12. The second-order valence-electron chi connectivity index (χ2n) is 13.9. The first kappa shape index (κ1) is 209. The van der Waals surface area contributed by atoms with Crippen LogP contribution in [0.1, 0.15) is 335 Å². The summed E-state index contributed by atoms with van der Waals surface area (Å²) in [5.74, 6) is -3.23. The molecule has 1 fully saturated rings. The average Bonchev–Trinajstić information content (AvgIpc) is 3.69. The number of aliphatic carboxylic acids is 2. The molecule has 0 saturated carbocycles. The number of benzene rings is 1. The summed E-state index contributed by atoms with van der Waals surface area (Å²) in [5.41, 5.74) is -3.70. The van der Waals surface area contributed by atoms with Crippen LogP contribution in [-0.4, -0.2) is 112 Å². The number of esters is 2. The lowest BCUT2D eigenvalue weighted by Gasteiger charge is -2.39. The molecule has 544 valence electrons. The zero-order chi connectivity index (χ0) is 36.4. The highest BCUT2D eigenvalue weighted by Gasteiger charge is 2.59. The molecule has 0 amide bonds. The number of aliphatic hydroxyl groups is 3. The van der Waals surface area contributed by atoms with Crippen LogP contribution in [-0.2, 0) is 39.8 Å². The molecule has 1 aromatic rings. The Kier molecular flexibility index (Phi) is 207. The normalized spacial score (nSPS) is 14.6. The lowest BCUT2D eigenvalue weighted by atomic mass is 9.77. The van der Waals surface area contributed by atoms with Crippen LogP contribution in [0.5, 0.6) is 11.5 Å². The van der Waals surface area contributed by atoms with Crippen LogP contribution in [0.15, 0.2) is 24.0 Å². The fourth-order valence-electron chi connectivity index (χ4n) is 7.07. The van der Waals surface area contributed by atoms with Crippen molar-refractivity contribution in [3.05, 3.63) is 35.1 Å². The van der Waals surface area contributed by atoms with Crippen molar-refractivity contribution < 1.29 is 68.4 Å². The number of carboxylic acids is 2. The first-order valence-electron chi connectivity index (χ1n) is 16.2. The molecule has 5 rings (SSSR count). The van der Waals surface area contributed by atoms with E-state index in [-0.39, 0.29) is 272 Å². The Morgan fingerprint density at radius 2 is 1.01 bits per heavy atom. The molecule has 3 aliphatic heterocycles. The Labute approximate surface area is 534 Å². The monoisotopic (exact) mass is 1240 g/mol. The Balaban J connectivity index is -0.0000000197. The molecule has 0 radical (unpaired) electrons. The van der Waals surface area contributed by atoms with Crippen molar-refractivity contribution >= 4 is 23.9 Å². The number of carbonyl (C=O) groups is 4. The van der Waals surface area contributed by atoms with Gasteiger partial charge >= 0.3 is 17.9 Å². The summed E-state index contributed by atoms with van der Waals surface area (Å²) in [4.78, 5) is 48.2. The van der Waals surface area contributed by atoms with E-state index in [0.29, 0.717) is 30.1 Å². The highest BCUT2D eigenvalue weighted by Crippen LogP contribution is 2.55. The van der Waals surface area contributed by atoms with Crippen LogP contribution < -0.4 is 14.6 Å². The van der Waals surface area contributed by atoms with Crippen LogP contribution in [0.25, 0.3) is 0 Å². The van der Waals surface area contributed by atoms with Crippen LogP contribution in [0.2, 0.25) is 0 Å². The molecule has 1 spiro atoms. The highest BCUT2D eigenvalue weighted by molar-refractivity contribution is 5.86. The van der Waals surface area contributed by atoms with Crippen molar-refractivity contribution in [2.24, 2.45) is 0 Å². The summed E-state index contributed by atoms with van der Waals surface area (Å²) in [6.07, 6.45) is 3.09. The minimum absolute atomic E-state index is 0. The minimum Gasteiger partial charge on any atom is -0.547 e. The van der Waals surface area contributed by atoms with Crippen molar-refractivity contribution in [2.75, 3.05) is 34.1 Å². The summed E-state index contributed by atoms with van der Waals surface area (Å²) >= 11 is 0. The Morgan fingerprint density at radius 1 is 0.614 bits per heavy atom. The number of ether oxygens (including phenoxy) is 5. The van der Waals surface area contributed by atoms with Crippen molar-refractivity contribution in [1.82, 2.24) is 4.90 Å². The van der Waals surface area contributed by atoms with Gasteiger partial charge in [-0.15, -0.1) is 0 Å². The average molecular weight is 1240 g/mol. The second kappa shape index (κ2) is 82.3. The summed E-state index contributed by atoms with van der Waals surface area (Å²) < 4.78 is 28.1. The van der Waals surface area contributed by atoms with E-state index in [4.69, 9.17) is 33.9 Å². The van der Waals surface area contributed by atoms with Gasteiger partial charge < -0.3 is 54.0 Å². The van der Waals surface area contributed by atoms with Crippen LogP contribution in [0.4, 0.5) is 0 Å². The van der Waals surface area contributed by atoms with Gasteiger partial charge in [-0.1, -0.05) is 253 Å². The number of methoxy groups -OCH3 is 2. The standard InChI is InChI=1S/C29H39NO9.C5H8O5.34CH4/c1-27(2,33)8-5-10-29(34,16-23(31)36-4)26(32)39-25-22(35-3)15-28-9-6-11-30(28)12-7-18-13-20-21(38-17-37-20)14-19(18)24(25)28;1-5(10,4(8)9)2-3(6)7;;;;;;;;;;;;;;;;;;;;;;;;;;;;;;;;;;/h13-15,24-25,33-34H,5-12,16-17H2,1-4H3;10H,2H2,1H3,(H,6,7)(H,8,9);34*1H4/p-1/t24-,25-,28+,29+;5-;;;;;;;;;;;;;;;;;;;;;;;;;;;;;;;;;;/m11................................../s1. The minimum atomic E-state index is -2.27. The molecular formula is C68H182NO14-. The van der Waals surface area contributed by atoms with Gasteiger partial charge in [0.15, 0.2) is 23.2 Å². The predicted octanol–water partition coefficient (Wildman–Crippen LogP) is 22.2. The molecule has 0 unspecified atom stereocenters. The first-order chi connectivity index (χ1) is 22.9. The molecule has 0 aromatic heterocycles. The number of nitrogens with zero attached hydrogens (tertiary/aromatic N) is 1. The maximum atomic E-state index is 13.8. The summed E-state index contributed by atoms with van der Waals surface area (Å²) in [6, 6.07) is 4.00. The third-order valence-corrected chi connectivity index (χ3v) is 9.56. The third-order valence-electron chi connectivity index (χ3n) is 9.56. The second-order valence-corrected chi connectivity index (χ2v) is 13.9. The van der Waals surface area contributed by atoms with Crippen LogP contribution in [0.3, 0.4) is 0 Å². The molecule has 3 heterocycles. The Morgan fingerprint density at radius 3 is 1.35 bits per heavy atom. The number of carboxylic acid groups (broad SMARTS) is 2. The van der Waals surface area contributed by atoms with Gasteiger partial charge in [-0.3, -0.25) is 14.5 Å². The van der Waals surface area contributed by atoms with E-state index in [0.717, 1.165) is 50.4 Å². The third kappa shape index (κ3) is 48.0. The molecule has 1 aromatic carbocycles. The van der Waals surface area contributed by atoms with Gasteiger partial charge in [0, 0.05) is 6.54 Å². The molecular weight excluding hydrogens is 1050 g/mol. The molecule has 15 nitrogen and oxygen atoms in total. The smallest absolute Gasteiger partial charge is 0.339 e. The fourth-order valence-corrected chi connectivity index (χ4v) is 7.07. The largest absolute Gasteiger partial charge is 0.547 e. The van der Waals surface area contributed by atoms with Gasteiger partial charge in [-0.25, -0.2) is 4.79 Å². The lowest BCUT2D eigenvalue weighted by Crippen LogP contribution is -2.49. The maximum Gasteiger partial charge on any atom is 0.339 e. The van der Waals surface area contributed by atoms with E-state index >= 15 is 0 Å². The van der Waals surface area contributed by atoms with Crippen molar-refractivity contribution in [3.63, 3.8) is 0 Å². The zero-order valence-corrected chi connectivity index (χ0v) is 28.5. The molecule has 0 bridgehead atoms. The Hall–Kier alpha value is -3.92. The molecule has 15 heteroatoms. The number of hydrogen-bond donors (Lipinski definition) is 4. The summed E-state index contributed by atoms with van der Waals surface area (Å²) in [7, 11) is 2.76. The zero-order valence-electron chi connectivity index (χ0n) is 28.5. The molecule has 1 saturated heterocycles. The number of hydrogen-bond acceptors (Lipinski definition) is 14. The number of carbonyl (C=O) groups excluding carboxylic acids is 3. The number of fused-ring (bicyclic) bond motifs is 3. The van der Waals surface area contributed by atoms with E-state index in [2.05, 4.69) is 11.0 Å². The van der Waals surface area contributed by atoms with Gasteiger partial charge in [0.05, 0.1) is 50.1 Å². The first-order valence-corrected chi connectivity index (χ1v) is 16.2. The van der Waals surface area contributed by atoms with Crippen molar-refractivity contribution in [1.29, 1.82) is 0 Å². The topological polar surface area (TPSA) is 222 Å². The van der Waals surface area contributed by atoms with E-state index < -0.39 is 65.2 Å². The lowest BCUT2D eigenvalue weighted by molar-refractivity contribution is -0.323. The van der Waals surface area contributed by atoms with Crippen LogP contribution >= 0.6 is 0 Å². The predicted molar refractivity (Wildman–Crippen MR) is 396 cm³/mol. The van der Waals surface area contributed by atoms with E-state index in [1.54, 1.807) is 21.0 Å². The van der Waals surface area contributed by atoms with E-state index in [9.17, 15) is 34.5 Å². The molecule has 4 aliphatic rings. The van der Waals surface area contributed by atoms with Crippen molar-refractivity contribution in [3.8, 4) is 11.5 Å². The van der Waals surface area contributed by atoms with Crippen molar-refractivity contribution in [2.45, 2.75) is 359 Å². The summed E-state index contributed by atoms with van der Waals surface area (Å²) in [6.45, 7) is 6.08. The molecule has 83 heavy (non-hydrogen) atoms. The fraction of sp³-hybridized carbons (Fsp3) is 0.824. The molecule has 4 N–H and O–H groups in total. The quantitative estimate of drug-likeness (QED) is 0.143. The summed E-state index contributed by atoms with van der Waals surface area (Å²) in [5, 5.41) is 48.3. The van der Waals surface area contributed by atoms with Gasteiger partial charge in [-0.2, -0.15) is 0 Å². The molecule has 1 aliphatic carbocycles. The van der Waals surface area contributed by atoms with Gasteiger partial charge in [0.25, 0.3) is 0 Å². The molecule has 5 atom stereocenters. The van der Waals surface area contributed by atoms with E-state index in [1.165, 1.54) is 7.11 Å². The Bertz CT molecular complexity index is 1480.